The summed E-state index contributed by atoms with van der Waals surface area (Å²) < 4.78 is 4.15. The molecule has 0 atom stereocenters. The number of benzene rings is 3. The molecular weight excluding hydrogens is 368 g/mol. The van der Waals surface area contributed by atoms with Gasteiger partial charge in [-0.3, -0.25) is 0 Å². The third-order valence-electron chi connectivity index (χ3n) is 5.31. The van der Waals surface area contributed by atoms with Crippen molar-refractivity contribution in [1.29, 1.82) is 0 Å². The van der Waals surface area contributed by atoms with Gasteiger partial charge < -0.3 is 9.13 Å². The van der Waals surface area contributed by atoms with Crippen molar-refractivity contribution >= 4 is 0 Å². The Morgan fingerprint density at radius 1 is 0.467 bits per heavy atom. The molecule has 0 radical (unpaired) electrons. The normalized spacial score (nSPS) is 10.9. The van der Waals surface area contributed by atoms with E-state index in [0.717, 1.165) is 13.1 Å². The Bertz CT molecular complexity index is 1090. The summed E-state index contributed by atoms with van der Waals surface area (Å²) in [6.07, 6.45) is 11.3. The number of imidazole rings is 2. The Morgan fingerprint density at radius 2 is 0.800 bits per heavy atom. The standard InChI is InChI=1S/C26H22N4/c1-5-23(6-2-21(1)17-29-15-13-27-19-29)25-9-11-26(12-10-25)24-7-3-22(4-8-24)18-30-16-14-28-20-30/h1-16,19-20H,17-18H2. The predicted molar refractivity (Wildman–Crippen MR) is 120 cm³/mol. The van der Waals surface area contributed by atoms with Crippen LogP contribution in [0.1, 0.15) is 11.1 Å². The fourth-order valence-corrected chi connectivity index (χ4v) is 3.64. The third-order valence-corrected chi connectivity index (χ3v) is 5.31. The quantitative estimate of drug-likeness (QED) is 0.383. The molecule has 0 saturated carbocycles. The summed E-state index contributed by atoms with van der Waals surface area (Å²) in [6, 6.07) is 26.3. The molecule has 0 bridgehead atoms. The van der Waals surface area contributed by atoms with Gasteiger partial charge in [-0.2, -0.15) is 0 Å². The molecule has 30 heavy (non-hydrogen) atoms. The Labute approximate surface area is 176 Å². The molecule has 0 unspecified atom stereocenters. The summed E-state index contributed by atoms with van der Waals surface area (Å²) in [4.78, 5) is 8.19. The van der Waals surface area contributed by atoms with Crippen molar-refractivity contribution in [2.75, 3.05) is 0 Å². The fraction of sp³-hybridized carbons (Fsp3) is 0.0769. The zero-order valence-electron chi connectivity index (χ0n) is 16.6. The monoisotopic (exact) mass is 390 g/mol. The van der Waals surface area contributed by atoms with Gasteiger partial charge in [0.25, 0.3) is 0 Å². The van der Waals surface area contributed by atoms with Crippen LogP contribution in [0.5, 0.6) is 0 Å². The molecule has 3 aromatic carbocycles. The Kier molecular flexibility index (Phi) is 4.96. The lowest BCUT2D eigenvalue weighted by Crippen LogP contribution is -1.96. The molecule has 0 saturated heterocycles. The molecule has 2 aromatic heterocycles. The van der Waals surface area contributed by atoms with Crippen LogP contribution in [0.3, 0.4) is 0 Å². The summed E-state index contributed by atoms with van der Waals surface area (Å²) in [5.74, 6) is 0. The first-order valence-corrected chi connectivity index (χ1v) is 10.0. The van der Waals surface area contributed by atoms with Crippen molar-refractivity contribution in [2.24, 2.45) is 0 Å². The minimum Gasteiger partial charge on any atom is -0.333 e. The lowest BCUT2D eigenvalue weighted by Gasteiger charge is -2.08. The molecular formula is C26H22N4. The van der Waals surface area contributed by atoms with Gasteiger partial charge in [-0.1, -0.05) is 72.8 Å². The first kappa shape index (κ1) is 18.1. The van der Waals surface area contributed by atoms with Crippen molar-refractivity contribution < 1.29 is 0 Å². The maximum Gasteiger partial charge on any atom is 0.0949 e. The van der Waals surface area contributed by atoms with E-state index in [1.54, 1.807) is 0 Å². The fourth-order valence-electron chi connectivity index (χ4n) is 3.64. The topological polar surface area (TPSA) is 35.6 Å². The number of rotatable bonds is 6. The molecule has 0 N–H and O–H groups in total. The lowest BCUT2D eigenvalue weighted by atomic mass is 9.99. The summed E-state index contributed by atoms with van der Waals surface area (Å²) >= 11 is 0. The number of hydrogen-bond donors (Lipinski definition) is 0. The Hall–Kier alpha value is -3.92. The average Bonchev–Trinajstić information content (AvgIpc) is 3.50. The van der Waals surface area contributed by atoms with Crippen LogP contribution in [-0.2, 0) is 13.1 Å². The minimum absolute atomic E-state index is 0.843. The Balaban J connectivity index is 1.28. The van der Waals surface area contributed by atoms with Gasteiger partial charge in [0.2, 0.25) is 0 Å². The van der Waals surface area contributed by atoms with Crippen molar-refractivity contribution in [3.63, 3.8) is 0 Å². The molecule has 0 fully saturated rings. The highest BCUT2D eigenvalue weighted by Crippen LogP contribution is 2.25. The second kappa shape index (κ2) is 8.21. The highest BCUT2D eigenvalue weighted by molar-refractivity contribution is 5.70. The van der Waals surface area contributed by atoms with Crippen LogP contribution >= 0.6 is 0 Å². The molecule has 4 nitrogen and oxygen atoms in total. The summed E-state index contributed by atoms with van der Waals surface area (Å²) in [7, 11) is 0. The van der Waals surface area contributed by atoms with Crippen LogP contribution in [0.15, 0.2) is 110 Å². The SMILES string of the molecule is c1cn(Cc2ccc(-c3ccc(-c4ccc(Cn5ccnc5)cc4)cc3)cc2)cn1. The van der Waals surface area contributed by atoms with Crippen LogP contribution in [0.4, 0.5) is 0 Å². The van der Waals surface area contributed by atoms with E-state index < -0.39 is 0 Å². The molecule has 0 aliphatic carbocycles. The van der Waals surface area contributed by atoms with E-state index in [-0.39, 0.29) is 0 Å². The molecule has 0 amide bonds. The minimum atomic E-state index is 0.843. The predicted octanol–water partition coefficient (Wildman–Crippen LogP) is 5.51. The van der Waals surface area contributed by atoms with Crippen molar-refractivity contribution in [3.05, 3.63) is 121 Å². The second-order valence-electron chi connectivity index (χ2n) is 7.44. The van der Waals surface area contributed by atoms with Crippen LogP contribution in [0, 0.1) is 0 Å². The summed E-state index contributed by atoms with van der Waals surface area (Å²) in [6.45, 7) is 1.69. The first-order chi connectivity index (χ1) is 14.8. The first-order valence-electron chi connectivity index (χ1n) is 10.0. The van der Waals surface area contributed by atoms with E-state index in [1.807, 2.05) is 37.4 Å². The van der Waals surface area contributed by atoms with Gasteiger partial charge in [-0.15, -0.1) is 0 Å². The maximum absolute atomic E-state index is 4.10. The van der Waals surface area contributed by atoms with E-state index in [9.17, 15) is 0 Å². The average molecular weight is 390 g/mol. The van der Waals surface area contributed by atoms with Gasteiger partial charge in [0, 0.05) is 37.9 Å². The number of hydrogen-bond acceptors (Lipinski definition) is 2. The molecule has 4 heteroatoms. The van der Waals surface area contributed by atoms with Crippen molar-refractivity contribution in [2.45, 2.75) is 13.1 Å². The van der Waals surface area contributed by atoms with Gasteiger partial charge in [0.05, 0.1) is 12.7 Å². The van der Waals surface area contributed by atoms with Crippen LogP contribution < -0.4 is 0 Å². The summed E-state index contributed by atoms with van der Waals surface area (Å²) in [5, 5.41) is 0. The third kappa shape index (κ3) is 4.08. The zero-order chi connectivity index (χ0) is 20.2. The highest BCUT2D eigenvalue weighted by Gasteiger charge is 2.03. The van der Waals surface area contributed by atoms with E-state index in [2.05, 4.69) is 91.9 Å². The second-order valence-corrected chi connectivity index (χ2v) is 7.44. The molecule has 2 heterocycles. The summed E-state index contributed by atoms with van der Waals surface area (Å²) in [5.41, 5.74) is 7.45. The number of nitrogens with zero attached hydrogens (tertiary/aromatic N) is 4. The molecule has 5 aromatic rings. The van der Waals surface area contributed by atoms with Crippen LogP contribution in [0.2, 0.25) is 0 Å². The molecule has 146 valence electrons. The van der Waals surface area contributed by atoms with E-state index in [4.69, 9.17) is 0 Å². The van der Waals surface area contributed by atoms with Gasteiger partial charge in [0.15, 0.2) is 0 Å². The smallest absolute Gasteiger partial charge is 0.0949 e. The molecule has 0 spiro atoms. The van der Waals surface area contributed by atoms with Gasteiger partial charge in [0.1, 0.15) is 0 Å². The van der Waals surface area contributed by atoms with Crippen LogP contribution in [-0.4, -0.2) is 19.1 Å². The van der Waals surface area contributed by atoms with Crippen LogP contribution in [0.25, 0.3) is 22.3 Å². The largest absolute Gasteiger partial charge is 0.333 e. The maximum atomic E-state index is 4.10. The van der Waals surface area contributed by atoms with E-state index in [1.165, 1.54) is 33.4 Å². The molecule has 5 rings (SSSR count). The lowest BCUT2D eigenvalue weighted by molar-refractivity contribution is 0.797. The van der Waals surface area contributed by atoms with Crippen molar-refractivity contribution in [1.82, 2.24) is 19.1 Å². The van der Waals surface area contributed by atoms with Crippen molar-refractivity contribution in [3.8, 4) is 22.3 Å². The van der Waals surface area contributed by atoms with Gasteiger partial charge in [-0.05, 0) is 33.4 Å². The Morgan fingerprint density at radius 3 is 1.10 bits per heavy atom. The molecule has 0 aliphatic rings. The van der Waals surface area contributed by atoms with Gasteiger partial charge >= 0.3 is 0 Å². The molecule has 0 aliphatic heterocycles. The van der Waals surface area contributed by atoms with E-state index in [0.29, 0.717) is 0 Å². The highest BCUT2D eigenvalue weighted by atomic mass is 15.0. The van der Waals surface area contributed by atoms with E-state index >= 15 is 0 Å². The zero-order valence-corrected chi connectivity index (χ0v) is 16.6. The van der Waals surface area contributed by atoms with Gasteiger partial charge in [-0.25, -0.2) is 9.97 Å². The number of aromatic nitrogens is 4.